The van der Waals surface area contributed by atoms with Gasteiger partial charge in [0.15, 0.2) is 0 Å². The molecule has 0 aliphatic rings. The normalized spacial score (nSPS) is 11.4. The molecule has 0 aliphatic heterocycles. The van der Waals surface area contributed by atoms with Crippen LogP contribution in [0.25, 0.3) is 0 Å². The third-order valence-electron chi connectivity index (χ3n) is 2.32. The lowest BCUT2D eigenvalue weighted by molar-refractivity contribution is -0.141. The summed E-state index contributed by atoms with van der Waals surface area (Å²) in [7, 11) is 0. The number of alkyl halides is 3. The zero-order chi connectivity index (χ0) is 13.9. The Morgan fingerprint density at radius 3 is 2.37 bits per heavy atom. The van der Waals surface area contributed by atoms with E-state index in [2.05, 4.69) is 31.2 Å². The molecule has 0 bridgehead atoms. The van der Waals surface area contributed by atoms with Crippen LogP contribution in [0.1, 0.15) is 11.4 Å². The minimum absolute atomic E-state index is 0.417. The molecule has 0 unspecified atom stereocenters. The van der Waals surface area contributed by atoms with Gasteiger partial charge in [0.25, 0.3) is 0 Å². The Balaban J connectivity index is 1.98. The standard InChI is InChI=1S/C12H9BrF3N3/c13-8-1-2-9(17-5-8)6-18-10-3-4-11(19-7-10)12(14,15)16/h1-5,7,18H,6H2. The van der Waals surface area contributed by atoms with Crippen LogP contribution in [-0.4, -0.2) is 9.97 Å². The molecule has 0 fully saturated rings. The number of rotatable bonds is 3. The average Bonchev–Trinajstić information content (AvgIpc) is 2.37. The maximum absolute atomic E-state index is 12.3. The number of hydrogen-bond acceptors (Lipinski definition) is 3. The van der Waals surface area contributed by atoms with Crippen molar-refractivity contribution in [2.75, 3.05) is 5.32 Å². The quantitative estimate of drug-likeness (QED) is 0.927. The van der Waals surface area contributed by atoms with Gasteiger partial charge in [-0.2, -0.15) is 13.2 Å². The Hall–Kier alpha value is -1.63. The minimum atomic E-state index is -4.41. The second-order valence-corrected chi connectivity index (χ2v) is 4.67. The zero-order valence-corrected chi connectivity index (χ0v) is 11.2. The van der Waals surface area contributed by atoms with E-state index in [9.17, 15) is 13.2 Å². The van der Waals surface area contributed by atoms with Gasteiger partial charge in [0.2, 0.25) is 0 Å². The molecule has 0 spiro atoms. The summed E-state index contributed by atoms with van der Waals surface area (Å²) >= 11 is 3.27. The lowest BCUT2D eigenvalue weighted by Gasteiger charge is -2.08. The van der Waals surface area contributed by atoms with Crippen LogP contribution in [0.5, 0.6) is 0 Å². The highest BCUT2D eigenvalue weighted by molar-refractivity contribution is 9.10. The molecular weight excluding hydrogens is 323 g/mol. The van der Waals surface area contributed by atoms with Crippen LogP contribution < -0.4 is 5.32 Å². The Bertz CT molecular complexity index is 538. The van der Waals surface area contributed by atoms with Gasteiger partial charge in [0.1, 0.15) is 5.69 Å². The molecule has 2 rings (SSSR count). The fraction of sp³-hybridized carbons (Fsp3) is 0.167. The van der Waals surface area contributed by atoms with E-state index in [1.54, 1.807) is 6.20 Å². The smallest absolute Gasteiger partial charge is 0.378 e. The van der Waals surface area contributed by atoms with E-state index in [0.717, 1.165) is 22.4 Å². The van der Waals surface area contributed by atoms with Crippen LogP contribution in [0.3, 0.4) is 0 Å². The van der Waals surface area contributed by atoms with Crippen molar-refractivity contribution < 1.29 is 13.2 Å². The molecule has 0 radical (unpaired) electrons. The molecule has 3 nitrogen and oxygen atoms in total. The van der Waals surface area contributed by atoms with E-state index in [-0.39, 0.29) is 0 Å². The fourth-order valence-corrected chi connectivity index (χ4v) is 1.60. The second-order valence-electron chi connectivity index (χ2n) is 3.75. The van der Waals surface area contributed by atoms with E-state index in [0.29, 0.717) is 12.2 Å². The summed E-state index contributed by atoms with van der Waals surface area (Å²) in [6, 6.07) is 5.94. The first-order chi connectivity index (χ1) is 8.95. The molecule has 0 aromatic carbocycles. The highest BCUT2D eigenvalue weighted by Gasteiger charge is 2.31. The molecule has 0 aliphatic carbocycles. The van der Waals surface area contributed by atoms with Gasteiger partial charge in [-0.1, -0.05) is 0 Å². The first kappa shape index (κ1) is 13.8. The zero-order valence-electron chi connectivity index (χ0n) is 9.58. The molecule has 2 aromatic rings. The summed E-state index contributed by atoms with van der Waals surface area (Å²) in [5, 5.41) is 2.95. The van der Waals surface area contributed by atoms with Gasteiger partial charge < -0.3 is 5.32 Å². The molecular formula is C12H9BrF3N3. The number of nitrogens with one attached hydrogen (secondary N) is 1. The molecule has 7 heteroatoms. The monoisotopic (exact) mass is 331 g/mol. The molecule has 2 heterocycles. The lowest BCUT2D eigenvalue weighted by atomic mass is 10.3. The predicted molar refractivity (Wildman–Crippen MR) is 68.5 cm³/mol. The van der Waals surface area contributed by atoms with Crippen LogP contribution in [0, 0.1) is 0 Å². The summed E-state index contributed by atoms with van der Waals surface area (Å²) in [5.41, 5.74) is 0.389. The Morgan fingerprint density at radius 2 is 1.84 bits per heavy atom. The molecule has 100 valence electrons. The van der Waals surface area contributed by atoms with Gasteiger partial charge in [0.05, 0.1) is 24.1 Å². The largest absolute Gasteiger partial charge is 0.433 e. The molecule has 0 saturated heterocycles. The summed E-state index contributed by atoms with van der Waals surface area (Å²) in [6.45, 7) is 0.417. The van der Waals surface area contributed by atoms with E-state index in [4.69, 9.17) is 0 Å². The first-order valence-corrected chi connectivity index (χ1v) is 6.12. The maximum atomic E-state index is 12.3. The van der Waals surface area contributed by atoms with Crippen LogP contribution in [0.4, 0.5) is 18.9 Å². The highest BCUT2D eigenvalue weighted by Crippen LogP contribution is 2.27. The third kappa shape index (κ3) is 3.92. The van der Waals surface area contributed by atoms with Crippen LogP contribution >= 0.6 is 15.9 Å². The second kappa shape index (κ2) is 5.56. The molecule has 0 amide bonds. The minimum Gasteiger partial charge on any atom is -0.378 e. The van der Waals surface area contributed by atoms with E-state index < -0.39 is 11.9 Å². The van der Waals surface area contributed by atoms with Crippen molar-refractivity contribution >= 4 is 21.6 Å². The number of pyridine rings is 2. The van der Waals surface area contributed by atoms with Gasteiger partial charge in [-0.25, -0.2) is 4.98 Å². The predicted octanol–water partition coefficient (Wildman–Crippen LogP) is 3.87. The summed E-state index contributed by atoms with van der Waals surface area (Å²) in [6.07, 6.45) is -1.60. The number of anilines is 1. The van der Waals surface area contributed by atoms with Crippen molar-refractivity contribution in [1.82, 2.24) is 9.97 Å². The van der Waals surface area contributed by atoms with Crippen molar-refractivity contribution in [2.45, 2.75) is 12.7 Å². The van der Waals surface area contributed by atoms with Crippen LogP contribution in [-0.2, 0) is 12.7 Å². The van der Waals surface area contributed by atoms with E-state index in [1.165, 1.54) is 6.07 Å². The topological polar surface area (TPSA) is 37.8 Å². The maximum Gasteiger partial charge on any atom is 0.433 e. The third-order valence-corrected chi connectivity index (χ3v) is 2.79. The summed E-state index contributed by atoms with van der Waals surface area (Å²) < 4.78 is 37.8. The van der Waals surface area contributed by atoms with Gasteiger partial charge >= 0.3 is 6.18 Å². The number of halogens is 4. The Morgan fingerprint density at radius 1 is 1.05 bits per heavy atom. The number of hydrogen-bond donors (Lipinski definition) is 1. The molecule has 0 saturated carbocycles. The summed E-state index contributed by atoms with van der Waals surface area (Å²) in [5.74, 6) is 0. The van der Waals surface area contributed by atoms with E-state index in [1.807, 2.05) is 12.1 Å². The van der Waals surface area contributed by atoms with Crippen molar-refractivity contribution in [2.24, 2.45) is 0 Å². The van der Waals surface area contributed by atoms with Crippen LogP contribution in [0.2, 0.25) is 0 Å². The van der Waals surface area contributed by atoms with Gasteiger partial charge in [0, 0.05) is 10.7 Å². The number of nitrogens with zero attached hydrogens (tertiary/aromatic N) is 2. The highest BCUT2D eigenvalue weighted by atomic mass is 79.9. The molecule has 2 aromatic heterocycles. The number of aromatic nitrogens is 2. The van der Waals surface area contributed by atoms with Crippen molar-refractivity contribution in [1.29, 1.82) is 0 Å². The first-order valence-electron chi connectivity index (χ1n) is 5.33. The van der Waals surface area contributed by atoms with E-state index >= 15 is 0 Å². The SMILES string of the molecule is FC(F)(F)c1ccc(NCc2ccc(Br)cn2)cn1. The van der Waals surface area contributed by atoms with Crippen molar-refractivity contribution in [3.05, 3.63) is 52.5 Å². The van der Waals surface area contributed by atoms with Crippen LogP contribution in [0.15, 0.2) is 41.1 Å². The Kier molecular flexibility index (Phi) is 4.04. The van der Waals surface area contributed by atoms with Gasteiger partial charge in [-0.05, 0) is 40.2 Å². The lowest BCUT2D eigenvalue weighted by Crippen LogP contribution is -2.08. The molecule has 19 heavy (non-hydrogen) atoms. The van der Waals surface area contributed by atoms with Crippen molar-refractivity contribution in [3.8, 4) is 0 Å². The average molecular weight is 332 g/mol. The van der Waals surface area contributed by atoms with Gasteiger partial charge in [-0.3, -0.25) is 4.98 Å². The van der Waals surface area contributed by atoms with Crippen molar-refractivity contribution in [3.63, 3.8) is 0 Å². The molecule has 1 N–H and O–H groups in total. The molecule has 0 atom stereocenters. The van der Waals surface area contributed by atoms with Gasteiger partial charge in [-0.15, -0.1) is 0 Å². The summed E-state index contributed by atoms with van der Waals surface area (Å²) in [4.78, 5) is 7.50. The fourth-order valence-electron chi connectivity index (χ4n) is 1.37. The Labute approximate surface area is 116 Å².